The highest BCUT2D eigenvalue weighted by atomic mass is 31.2. The normalized spacial score (nSPS) is 12.1. The van der Waals surface area contributed by atoms with Crippen molar-refractivity contribution in [3.63, 3.8) is 0 Å². The Hall–Kier alpha value is -6.22. The van der Waals surface area contributed by atoms with Crippen molar-refractivity contribution < 1.29 is 4.57 Å². The molecule has 0 saturated carbocycles. The van der Waals surface area contributed by atoms with Crippen molar-refractivity contribution >= 4 is 77.2 Å². The van der Waals surface area contributed by atoms with Gasteiger partial charge in [-0.2, -0.15) is 0 Å². The highest BCUT2D eigenvalue weighted by Gasteiger charge is 2.32. The Labute approximate surface area is 288 Å². The van der Waals surface area contributed by atoms with Crippen LogP contribution in [0.15, 0.2) is 170 Å². The molecule has 3 heterocycles. The van der Waals surface area contributed by atoms with Gasteiger partial charge in [-0.1, -0.05) is 127 Å². The molecule has 0 saturated heterocycles. The van der Waals surface area contributed by atoms with Gasteiger partial charge >= 0.3 is 0 Å². The van der Waals surface area contributed by atoms with Gasteiger partial charge in [0.25, 0.3) is 0 Å². The predicted octanol–water partition coefficient (Wildman–Crippen LogP) is 10.0. The van der Waals surface area contributed by atoms with Gasteiger partial charge in [-0.25, -0.2) is 4.98 Å². The lowest BCUT2D eigenvalue weighted by Gasteiger charge is -2.23. The second-order valence-corrected chi connectivity index (χ2v) is 15.5. The van der Waals surface area contributed by atoms with Gasteiger partial charge in [0.15, 0.2) is 7.14 Å². The monoisotopic (exact) mass is 657 g/mol. The zero-order valence-corrected chi connectivity index (χ0v) is 27.8. The van der Waals surface area contributed by atoms with Crippen molar-refractivity contribution in [2.24, 2.45) is 0 Å². The van der Waals surface area contributed by atoms with Crippen LogP contribution in [0.5, 0.6) is 0 Å². The van der Waals surface area contributed by atoms with E-state index < -0.39 is 7.14 Å². The summed E-state index contributed by atoms with van der Waals surface area (Å²) in [6.07, 6.45) is 3.73. The van der Waals surface area contributed by atoms with Gasteiger partial charge in [0.05, 0.1) is 22.4 Å². The Morgan fingerprint density at radius 3 is 1.76 bits per heavy atom. The molecule has 0 unspecified atom stereocenters. The van der Waals surface area contributed by atoms with Gasteiger partial charge in [0.2, 0.25) is 0 Å². The van der Waals surface area contributed by atoms with Gasteiger partial charge in [0.1, 0.15) is 0 Å². The zero-order chi connectivity index (χ0) is 33.2. The van der Waals surface area contributed by atoms with Crippen molar-refractivity contribution in [3.8, 4) is 22.5 Å². The lowest BCUT2D eigenvalue weighted by molar-refractivity contribution is 0.592. The number of hydrogen-bond acceptors (Lipinski definition) is 4. The molecule has 0 aliphatic carbocycles. The molecule has 0 aliphatic rings. The first-order chi connectivity index (χ1) is 24.7. The standard InChI is InChI=1S/C45H28N3OP/c49-50(34-9-3-1-4-10-34,35-11-5-2-6-12-35)41-26-20-30-16-22-37-36(21-15-29-17-23-38(41)43(30)42(29)37)40-25-19-33(28-47-40)39-24-18-32-14-13-31-8-7-27-46-44(31)45(32)48-39/h1-28H. The van der Waals surface area contributed by atoms with Gasteiger partial charge in [-0.3, -0.25) is 9.97 Å². The largest absolute Gasteiger partial charge is 0.309 e. The smallest absolute Gasteiger partial charge is 0.171 e. The molecule has 3 aromatic heterocycles. The highest BCUT2D eigenvalue weighted by Crippen LogP contribution is 2.47. The van der Waals surface area contributed by atoms with Crippen molar-refractivity contribution in [2.75, 3.05) is 0 Å². The van der Waals surface area contributed by atoms with Crippen LogP contribution in [-0.4, -0.2) is 15.0 Å². The maximum absolute atomic E-state index is 15.5. The fourth-order valence-corrected chi connectivity index (χ4v) is 10.4. The van der Waals surface area contributed by atoms with Crippen molar-refractivity contribution in [3.05, 3.63) is 170 Å². The average molecular weight is 658 g/mol. The molecule has 0 bridgehead atoms. The van der Waals surface area contributed by atoms with E-state index in [2.05, 4.69) is 89.9 Å². The first-order valence-electron chi connectivity index (χ1n) is 16.7. The van der Waals surface area contributed by atoms with E-state index in [1.54, 1.807) is 0 Å². The first kappa shape index (κ1) is 28.8. The third-order valence-corrected chi connectivity index (χ3v) is 13.1. The molecule has 0 aliphatic heterocycles. The number of pyridine rings is 3. The van der Waals surface area contributed by atoms with Crippen LogP contribution in [0, 0.1) is 0 Å². The van der Waals surface area contributed by atoms with Crippen LogP contribution in [0.1, 0.15) is 0 Å². The maximum atomic E-state index is 15.5. The van der Waals surface area contributed by atoms with E-state index in [0.29, 0.717) is 0 Å². The highest BCUT2D eigenvalue weighted by molar-refractivity contribution is 7.85. The molecule has 0 amide bonds. The molecule has 7 aromatic carbocycles. The van der Waals surface area contributed by atoms with Gasteiger partial charge in [-0.05, 0) is 62.6 Å². The molecule has 50 heavy (non-hydrogen) atoms. The van der Waals surface area contributed by atoms with Crippen LogP contribution < -0.4 is 15.9 Å². The maximum Gasteiger partial charge on any atom is 0.171 e. The summed E-state index contributed by atoms with van der Waals surface area (Å²) in [5.74, 6) is 0. The fourth-order valence-electron chi connectivity index (χ4n) is 7.58. The lowest BCUT2D eigenvalue weighted by Crippen LogP contribution is -2.25. The third-order valence-electron chi connectivity index (χ3n) is 9.99. The Balaban J connectivity index is 1.13. The minimum Gasteiger partial charge on any atom is -0.309 e. The van der Waals surface area contributed by atoms with E-state index >= 15 is 4.57 Å². The van der Waals surface area contributed by atoms with Gasteiger partial charge in [0, 0.05) is 50.2 Å². The van der Waals surface area contributed by atoms with Crippen LogP contribution in [-0.2, 0) is 4.57 Å². The molecule has 5 heteroatoms. The zero-order valence-electron chi connectivity index (χ0n) is 26.9. The summed E-state index contributed by atoms with van der Waals surface area (Å²) in [5, 5.41) is 11.3. The second kappa shape index (κ2) is 11.2. The third kappa shape index (κ3) is 4.32. The summed E-state index contributed by atoms with van der Waals surface area (Å²) in [6.45, 7) is 0. The summed E-state index contributed by atoms with van der Waals surface area (Å²) >= 11 is 0. The summed E-state index contributed by atoms with van der Waals surface area (Å²) < 4.78 is 15.5. The summed E-state index contributed by atoms with van der Waals surface area (Å²) in [6, 6.07) is 53.6. The Morgan fingerprint density at radius 2 is 1.04 bits per heavy atom. The molecule has 10 aromatic rings. The number of aromatic nitrogens is 3. The van der Waals surface area contributed by atoms with E-state index in [9.17, 15) is 0 Å². The fraction of sp³-hybridized carbons (Fsp3) is 0. The molecular weight excluding hydrogens is 629 g/mol. The van der Waals surface area contributed by atoms with Gasteiger partial charge in [-0.15, -0.1) is 0 Å². The van der Waals surface area contributed by atoms with Crippen LogP contribution >= 0.6 is 7.14 Å². The molecule has 234 valence electrons. The van der Waals surface area contributed by atoms with E-state index in [-0.39, 0.29) is 0 Å². The van der Waals surface area contributed by atoms with E-state index in [1.165, 1.54) is 0 Å². The Kier molecular flexibility index (Phi) is 6.42. The quantitative estimate of drug-likeness (QED) is 0.137. The molecule has 0 N–H and O–H groups in total. The number of fused-ring (bicyclic) bond motifs is 3. The van der Waals surface area contributed by atoms with Gasteiger partial charge < -0.3 is 4.57 Å². The molecule has 0 fully saturated rings. The van der Waals surface area contributed by atoms with Crippen LogP contribution in [0.4, 0.5) is 0 Å². The summed E-state index contributed by atoms with van der Waals surface area (Å²) in [4.78, 5) is 14.6. The number of hydrogen-bond donors (Lipinski definition) is 0. The lowest BCUT2D eigenvalue weighted by atomic mass is 9.91. The Morgan fingerprint density at radius 1 is 0.440 bits per heavy atom. The van der Waals surface area contributed by atoms with E-state index in [1.807, 2.05) is 85.2 Å². The SMILES string of the molecule is O=P(c1ccccc1)(c1ccccc1)c1ccc2ccc3c(-c4ccc(-c5ccc6ccc7cccnc7c6n5)cn4)ccc4ccc1c2c43. The van der Waals surface area contributed by atoms with Crippen molar-refractivity contribution in [1.82, 2.24) is 15.0 Å². The predicted molar refractivity (Wildman–Crippen MR) is 209 cm³/mol. The molecule has 0 atom stereocenters. The topological polar surface area (TPSA) is 55.7 Å². The second-order valence-electron chi connectivity index (χ2n) is 12.7. The van der Waals surface area contributed by atoms with Crippen molar-refractivity contribution in [1.29, 1.82) is 0 Å². The molecule has 10 rings (SSSR count). The minimum absolute atomic E-state index is 0.830. The van der Waals surface area contributed by atoms with Crippen LogP contribution in [0.25, 0.3) is 76.6 Å². The van der Waals surface area contributed by atoms with E-state index in [0.717, 1.165) is 92.6 Å². The van der Waals surface area contributed by atoms with Crippen molar-refractivity contribution in [2.45, 2.75) is 0 Å². The average Bonchev–Trinajstić information content (AvgIpc) is 3.20. The number of rotatable bonds is 5. The van der Waals surface area contributed by atoms with E-state index in [4.69, 9.17) is 9.97 Å². The summed E-state index contributed by atoms with van der Waals surface area (Å²) in [7, 11) is -3.19. The molecule has 0 radical (unpaired) electrons. The molecule has 0 spiro atoms. The minimum atomic E-state index is -3.19. The molecular formula is C45H28N3OP. The summed E-state index contributed by atoms with van der Waals surface area (Å²) in [5.41, 5.74) is 5.54. The molecule has 4 nitrogen and oxygen atoms in total. The van der Waals surface area contributed by atoms with Crippen LogP contribution in [0.2, 0.25) is 0 Å². The number of nitrogens with zero attached hydrogens (tertiary/aromatic N) is 3. The number of benzene rings is 7. The first-order valence-corrected chi connectivity index (χ1v) is 18.4. The Bertz CT molecular complexity index is 2900. The van der Waals surface area contributed by atoms with Crippen LogP contribution in [0.3, 0.4) is 0 Å².